The molecule has 1 aliphatic rings. The van der Waals surface area contributed by atoms with Crippen molar-refractivity contribution < 1.29 is 9.59 Å². The van der Waals surface area contributed by atoms with E-state index in [1.54, 1.807) is 30.5 Å². The van der Waals surface area contributed by atoms with Gasteiger partial charge in [-0.3, -0.25) is 14.5 Å². The highest BCUT2D eigenvalue weighted by Crippen LogP contribution is 2.14. The van der Waals surface area contributed by atoms with Crippen LogP contribution < -0.4 is 16.4 Å². The molecule has 138 valence electrons. The molecule has 1 aliphatic heterocycles. The normalized spacial score (nSPS) is 15.3. The van der Waals surface area contributed by atoms with Crippen LogP contribution in [0.4, 0.5) is 11.4 Å². The second-order valence-corrected chi connectivity index (χ2v) is 6.03. The van der Waals surface area contributed by atoms with Gasteiger partial charge in [-0.2, -0.15) is 5.26 Å². The monoisotopic (exact) mass is 356 g/mol. The lowest BCUT2D eigenvalue weighted by molar-refractivity contribution is -0.114. The zero-order chi connectivity index (χ0) is 18.9. The number of hydrogen-bond donors (Lipinski definition) is 3. The van der Waals surface area contributed by atoms with Crippen LogP contribution >= 0.6 is 0 Å². The predicted molar refractivity (Wildman–Crippen MR) is 100 cm³/mol. The van der Waals surface area contributed by atoms with Crippen LogP contribution in [0.25, 0.3) is 0 Å². The minimum Gasteiger partial charge on any atom is -0.374 e. The maximum absolute atomic E-state index is 12.3. The summed E-state index contributed by atoms with van der Waals surface area (Å²) in [6.07, 6.45) is 1.61. The molecule has 0 spiro atoms. The number of nitriles is 1. The van der Waals surface area contributed by atoms with E-state index in [4.69, 9.17) is 5.73 Å². The largest absolute Gasteiger partial charge is 0.374 e. The van der Waals surface area contributed by atoms with E-state index >= 15 is 0 Å². The second kappa shape index (κ2) is 9.56. The first-order valence-corrected chi connectivity index (χ1v) is 8.49. The summed E-state index contributed by atoms with van der Waals surface area (Å²) in [5.41, 5.74) is 6.81. The summed E-state index contributed by atoms with van der Waals surface area (Å²) in [6.45, 7) is 6.14. The highest BCUT2D eigenvalue weighted by molar-refractivity contribution is 6.06. The number of benzene rings is 1. The molecule has 8 heteroatoms. The van der Waals surface area contributed by atoms with E-state index in [9.17, 15) is 14.9 Å². The first-order valence-electron chi connectivity index (χ1n) is 8.49. The Morgan fingerprint density at radius 2 is 1.73 bits per heavy atom. The molecule has 0 bridgehead atoms. The highest BCUT2D eigenvalue weighted by Gasteiger charge is 2.17. The lowest BCUT2D eigenvalue weighted by Crippen LogP contribution is -2.45. The van der Waals surface area contributed by atoms with Crippen molar-refractivity contribution in [1.82, 2.24) is 9.80 Å². The summed E-state index contributed by atoms with van der Waals surface area (Å²) in [6, 6.07) is 8.67. The molecule has 0 aromatic heterocycles. The van der Waals surface area contributed by atoms with E-state index in [2.05, 4.69) is 15.5 Å². The van der Waals surface area contributed by atoms with Crippen molar-refractivity contribution in [2.45, 2.75) is 6.92 Å². The van der Waals surface area contributed by atoms with Crippen LogP contribution in [0.15, 0.2) is 36.0 Å². The van der Waals surface area contributed by atoms with Gasteiger partial charge in [-0.1, -0.05) is 0 Å². The zero-order valence-corrected chi connectivity index (χ0v) is 14.9. The van der Waals surface area contributed by atoms with Crippen LogP contribution in [-0.2, 0) is 9.59 Å². The number of amides is 2. The fraction of sp³-hybridized carbons (Fsp3) is 0.389. The number of rotatable bonds is 6. The van der Waals surface area contributed by atoms with E-state index in [1.165, 1.54) is 6.92 Å². The van der Waals surface area contributed by atoms with Gasteiger partial charge in [0, 0.05) is 63.8 Å². The lowest BCUT2D eigenvalue weighted by atomic mass is 10.2. The van der Waals surface area contributed by atoms with E-state index in [0.29, 0.717) is 17.9 Å². The molecule has 1 heterocycles. The van der Waals surface area contributed by atoms with Gasteiger partial charge in [0.15, 0.2) is 0 Å². The molecule has 2 rings (SSSR count). The molecule has 0 atom stereocenters. The molecule has 0 unspecified atom stereocenters. The molecule has 1 saturated heterocycles. The number of carbonyl (C=O) groups excluding carboxylic acids is 2. The quantitative estimate of drug-likeness (QED) is 0.507. The number of nitrogens with one attached hydrogen (secondary N) is 2. The third kappa shape index (κ3) is 5.88. The first kappa shape index (κ1) is 19.4. The zero-order valence-electron chi connectivity index (χ0n) is 14.9. The van der Waals surface area contributed by atoms with Gasteiger partial charge in [0.25, 0.3) is 5.91 Å². The predicted octanol–water partition coefficient (Wildman–Crippen LogP) is 0.567. The Balaban J connectivity index is 1.94. The minimum absolute atomic E-state index is 0.0585. The summed E-state index contributed by atoms with van der Waals surface area (Å²) in [5.74, 6) is -0.618. The molecule has 0 radical (unpaired) electrons. The average molecular weight is 356 g/mol. The molecule has 0 aliphatic carbocycles. The molecular weight excluding hydrogens is 332 g/mol. The van der Waals surface area contributed by atoms with Crippen molar-refractivity contribution in [3.63, 3.8) is 0 Å². The number of anilines is 2. The van der Waals surface area contributed by atoms with Gasteiger partial charge in [-0.25, -0.2) is 0 Å². The second-order valence-electron chi connectivity index (χ2n) is 6.03. The number of nitrogens with two attached hydrogens (primary N) is 1. The Labute approximate surface area is 153 Å². The minimum atomic E-state index is -0.454. The maximum Gasteiger partial charge on any atom is 0.267 e. The van der Waals surface area contributed by atoms with Crippen LogP contribution in [0.2, 0.25) is 0 Å². The summed E-state index contributed by atoms with van der Waals surface area (Å²) in [5, 5.41) is 14.7. The third-order valence-electron chi connectivity index (χ3n) is 3.99. The van der Waals surface area contributed by atoms with E-state index in [-0.39, 0.29) is 11.5 Å². The van der Waals surface area contributed by atoms with Gasteiger partial charge in [-0.15, -0.1) is 0 Å². The Kier molecular flexibility index (Phi) is 7.14. The summed E-state index contributed by atoms with van der Waals surface area (Å²) in [7, 11) is 0. The van der Waals surface area contributed by atoms with Crippen molar-refractivity contribution in [2.75, 3.05) is 49.9 Å². The van der Waals surface area contributed by atoms with E-state index < -0.39 is 5.91 Å². The fourth-order valence-corrected chi connectivity index (χ4v) is 2.66. The topological polar surface area (TPSA) is 114 Å². The van der Waals surface area contributed by atoms with Crippen molar-refractivity contribution in [3.8, 4) is 6.07 Å². The number of piperazine rings is 1. The van der Waals surface area contributed by atoms with Crippen LogP contribution in [0.5, 0.6) is 0 Å². The lowest BCUT2D eigenvalue weighted by Gasteiger charge is -2.33. The van der Waals surface area contributed by atoms with Crippen LogP contribution in [0.1, 0.15) is 6.92 Å². The van der Waals surface area contributed by atoms with Gasteiger partial charge in [0.1, 0.15) is 11.6 Å². The van der Waals surface area contributed by atoms with Crippen molar-refractivity contribution in [2.24, 2.45) is 5.73 Å². The van der Waals surface area contributed by atoms with E-state index in [1.807, 2.05) is 11.0 Å². The van der Waals surface area contributed by atoms with Crippen LogP contribution in [0.3, 0.4) is 0 Å². The average Bonchev–Trinajstić information content (AvgIpc) is 2.62. The third-order valence-corrected chi connectivity index (χ3v) is 3.99. The molecule has 1 fully saturated rings. The summed E-state index contributed by atoms with van der Waals surface area (Å²) >= 11 is 0. The van der Waals surface area contributed by atoms with Crippen molar-refractivity contribution in [1.29, 1.82) is 5.26 Å². The fourth-order valence-electron chi connectivity index (χ4n) is 2.66. The number of nitrogens with zero attached hydrogens (tertiary/aromatic N) is 3. The Hall–Kier alpha value is -2.89. The van der Waals surface area contributed by atoms with Gasteiger partial charge >= 0.3 is 0 Å². The van der Waals surface area contributed by atoms with Crippen LogP contribution in [0, 0.1) is 11.3 Å². The SMILES string of the molecule is CC(=O)Nc1ccc(NC(=O)/C(C#N)=C\N2CCN(CCN)CC2)cc1. The van der Waals surface area contributed by atoms with Crippen molar-refractivity contribution in [3.05, 3.63) is 36.0 Å². The molecule has 1 aromatic carbocycles. The Bertz CT molecular complexity index is 699. The van der Waals surface area contributed by atoms with Gasteiger partial charge in [0.05, 0.1) is 0 Å². The highest BCUT2D eigenvalue weighted by atomic mass is 16.2. The maximum atomic E-state index is 12.3. The Morgan fingerprint density at radius 1 is 1.15 bits per heavy atom. The van der Waals surface area contributed by atoms with Gasteiger partial charge in [0.2, 0.25) is 5.91 Å². The molecule has 26 heavy (non-hydrogen) atoms. The van der Waals surface area contributed by atoms with Gasteiger partial charge in [-0.05, 0) is 24.3 Å². The summed E-state index contributed by atoms with van der Waals surface area (Å²) in [4.78, 5) is 27.6. The molecule has 8 nitrogen and oxygen atoms in total. The standard InChI is InChI=1S/C18H24N6O2/c1-14(25)21-16-2-4-17(5-3-16)22-18(26)15(12-20)13-24-10-8-23(7-6-19)9-11-24/h2-5,13H,6-11,19H2,1H3,(H,21,25)(H,22,26)/b15-13-. The smallest absolute Gasteiger partial charge is 0.267 e. The molecule has 4 N–H and O–H groups in total. The van der Waals surface area contributed by atoms with Crippen molar-refractivity contribution >= 4 is 23.2 Å². The molecule has 0 saturated carbocycles. The Morgan fingerprint density at radius 3 is 2.23 bits per heavy atom. The molecule has 1 aromatic rings. The molecular formula is C18H24N6O2. The van der Waals surface area contributed by atoms with Gasteiger partial charge < -0.3 is 21.3 Å². The van der Waals surface area contributed by atoms with Crippen LogP contribution in [-0.4, -0.2) is 60.9 Å². The molecule has 2 amide bonds. The first-order chi connectivity index (χ1) is 12.5. The van der Waals surface area contributed by atoms with E-state index in [0.717, 1.165) is 32.7 Å². The number of hydrogen-bond acceptors (Lipinski definition) is 6. The summed E-state index contributed by atoms with van der Waals surface area (Å²) < 4.78 is 0. The number of carbonyl (C=O) groups is 2.